The first-order chi connectivity index (χ1) is 7.31. The van der Waals surface area contributed by atoms with Crippen LogP contribution in [0.1, 0.15) is 52.4 Å². The molecule has 1 fully saturated rings. The highest BCUT2D eigenvalue weighted by molar-refractivity contribution is 4.78. The predicted octanol–water partition coefficient (Wildman–Crippen LogP) is 2.63. The third-order valence-corrected chi connectivity index (χ3v) is 3.76. The second-order valence-corrected chi connectivity index (χ2v) is 4.95. The van der Waals surface area contributed by atoms with Gasteiger partial charge in [-0.2, -0.15) is 0 Å². The molecular formula is C13H28N2. The van der Waals surface area contributed by atoms with Crippen molar-refractivity contribution in [1.82, 2.24) is 4.90 Å². The van der Waals surface area contributed by atoms with E-state index in [-0.39, 0.29) is 0 Å². The Kier molecular flexibility index (Phi) is 6.26. The second kappa shape index (κ2) is 7.24. The number of piperidine rings is 1. The van der Waals surface area contributed by atoms with Crippen LogP contribution in [0.25, 0.3) is 0 Å². The standard InChI is InChI=1S/C13H28N2/c1-3-5-12-7-9-15(10-8-12)13(11-14)6-4-2/h12-13H,3-11,14H2,1-2H3. The Morgan fingerprint density at radius 2 is 1.87 bits per heavy atom. The van der Waals surface area contributed by atoms with Crippen LogP contribution in [0.3, 0.4) is 0 Å². The van der Waals surface area contributed by atoms with Gasteiger partial charge < -0.3 is 5.73 Å². The summed E-state index contributed by atoms with van der Waals surface area (Å²) in [6.45, 7) is 7.96. The molecule has 1 aliphatic rings. The molecule has 2 N–H and O–H groups in total. The summed E-state index contributed by atoms with van der Waals surface area (Å²) in [6, 6.07) is 0.651. The summed E-state index contributed by atoms with van der Waals surface area (Å²) >= 11 is 0. The Morgan fingerprint density at radius 1 is 1.20 bits per heavy atom. The molecular weight excluding hydrogens is 184 g/mol. The molecule has 15 heavy (non-hydrogen) atoms. The normalized spacial score (nSPS) is 21.8. The summed E-state index contributed by atoms with van der Waals surface area (Å²) in [5.41, 5.74) is 5.84. The molecule has 0 spiro atoms. The number of hydrogen-bond donors (Lipinski definition) is 1. The van der Waals surface area contributed by atoms with Crippen molar-refractivity contribution < 1.29 is 0 Å². The van der Waals surface area contributed by atoms with E-state index >= 15 is 0 Å². The van der Waals surface area contributed by atoms with Crippen molar-refractivity contribution in [3.63, 3.8) is 0 Å². The second-order valence-electron chi connectivity index (χ2n) is 4.95. The minimum Gasteiger partial charge on any atom is -0.329 e. The lowest BCUT2D eigenvalue weighted by atomic mass is 9.91. The van der Waals surface area contributed by atoms with E-state index in [0.717, 1.165) is 12.5 Å². The maximum atomic E-state index is 5.84. The lowest BCUT2D eigenvalue weighted by Gasteiger charge is -2.37. The third-order valence-electron chi connectivity index (χ3n) is 3.76. The molecule has 1 atom stereocenters. The molecule has 0 aromatic rings. The van der Waals surface area contributed by atoms with Gasteiger partial charge in [0.25, 0.3) is 0 Å². The first-order valence-electron chi connectivity index (χ1n) is 6.75. The maximum Gasteiger partial charge on any atom is 0.0218 e. The first-order valence-corrected chi connectivity index (χ1v) is 6.75. The lowest BCUT2D eigenvalue weighted by Crippen LogP contribution is -2.45. The quantitative estimate of drug-likeness (QED) is 0.733. The summed E-state index contributed by atoms with van der Waals surface area (Å²) in [4.78, 5) is 2.62. The van der Waals surface area contributed by atoms with Crippen LogP contribution in [-0.2, 0) is 0 Å². The van der Waals surface area contributed by atoms with E-state index in [1.807, 2.05) is 0 Å². The molecule has 1 aliphatic heterocycles. The summed E-state index contributed by atoms with van der Waals surface area (Å²) in [5, 5.41) is 0. The molecule has 90 valence electrons. The van der Waals surface area contributed by atoms with Gasteiger partial charge in [0.05, 0.1) is 0 Å². The van der Waals surface area contributed by atoms with Gasteiger partial charge in [-0.1, -0.05) is 33.1 Å². The van der Waals surface area contributed by atoms with E-state index < -0.39 is 0 Å². The largest absolute Gasteiger partial charge is 0.329 e. The van der Waals surface area contributed by atoms with Crippen molar-refractivity contribution in [1.29, 1.82) is 0 Å². The molecule has 2 nitrogen and oxygen atoms in total. The Labute approximate surface area is 95.2 Å². The average Bonchev–Trinajstić information content (AvgIpc) is 2.28. The van der Waals surface area contributed by atoms with Crippen LogP contribution in [0.15, 0.2) is 0 Å². The zero-order chi connectivity index (χ0) is 11.1. The highest BCUT2D eigenvalue weighted by atomic mass is 15.2. The minimum absolute atomic E-state index is 0.651. The Bertz CT molecular complexity index is 151. The summed E-state index contributed by atoms with van der Waals surface area (Å²) < 4.78 is 0. The molecule has 0 aromatic carbocycles. The van der Waals surface area contributed by atoms with E-state index in [1.54, 1.807) is 0 Å². The van der Waals surface area contributed by atoms with E-state index in [0.29, 0.717) is 6.04 Å². The highest BCUT2D eigenvalue weighted by Crippen LogP contribution is 2.23. The molecule has 0 radical (unpaired) electrons. The zero-order valence-electron chi connectivity index (χ0n) is 10.5. The highest BCUT2D eigenvalue weighted by Gasteiger charge is 2.22. The van der Waals surface area contributed by atoms with E-state index in [2.05, 4.69) is 18.7 Å². The van der Waals surface area contributed by atoms with Crippen molar-refractivity contribution in [2.75, 3.05) is 19.6 Å². The van der Waals surface area contributed by atoms with Crippen LogP contribution in [0, 0.1) is 5.92 Å². The number of hydrogen-bond acceptors (Lipinski definition) is 2. The number of likely N-dealkylation sites (tertiary alicyclic amines) is 1. The van der Waals surface area contributed by atoms with Gasteiger partial charge in [0.2, 0.25) is 0 Å². The van der Waals surface area contributed by atoms with Crippen molar-refractivity contribution in [2.24, 2.45) is 11.7 Å². The first kappa shape index (κ1) is 13.0. The number of nitrogens with two attached hydrogens (primary N) is 1. The molecule has 2 heteroatoms. The molecule has 1 unspecified atom stereocenters. The van der Waals surface area contributed by atoms with Crippen molar-refractivity contribution in [3.05, 3.63) is 0 Å². The number of nitrogens with zero attached hydrogens (tertiary/aromatic N) is 1. The summed E-state index contributed by atoms with van der Waals surface area (Å²) in [5.74, 6) is 0.992. The Balaban J connectivity index is 2.28. The van der Waals surface area contributed by atoms with Gasteiger partial charge in [-0.05, 0) is 38.3 Å². The van der Waals surface area contributed by atoms with Crippen LogP contribution in [0.4, 0.5) is 0 Å². The lowest BCUT2D eigenvalue weighted by molar-refractivity contribution is 0.125. The number of rotatable bonds is 6. The zero-order valence-corrected chi connectivity index (χ0v) is 10.5. The Hall–Kier alpha value is -0.0800. The molecule has 1 saturated heterocycles. The molecule has 0 amide bonds. The van der Waals surface area contributed by atoms with Gasteiger partial charge in [-0.25, -0.2) is 0 Å². The Morgan fingerprint density at radius 3 is 2.33 bits per heavy atom. The van der Waals surface area contributed by atoms with Gasteiger partial charge in [-0.3, -0.25) is 4.90 Å². The van der Waals surface area contributed by atoms with Crippen LogP contribution in [0.2, 0.25) is 0 Å². The van der Waals surface area contributed by atoms with Gasteiger partial charge in [-0.15, -0.1) is 0 Å². The smallest absolute Gasteiger partial charge is 0.0218 e. The summed E-state index contributed by atoms with van der Waals surface area (Å²) in [7, 11) is 0. The molecule has 0 aliphatic carbocycles. The third kappa shape index (κ3) is 4.12. The molecule has 1 rings (SSSR count). The molecule has 0 aromatic heterocycles. The fraction of sp³-hybridized carbons (Fsp3) is 1.00. The van der Waals surface area contributed by atoms with Gasteiger partial charge in [0.1, 0.15) is 0 Å². The maximum absolute atomic E-state index is 5.84. The van der Waals surface area contributed by atoms with Gasteiger partial charge >= 0.3 is 0 Å². The van der Waals surface area contributed by atoms with Crippen molar-refractivity contribution in [3.8, 4) is 0 Å². The van der Waals surface area contributed by atoms with E-state index in [9.17, 15) is 0 Å². The van der Waals surface area contributed by atoms with Crippen LogP contribution in [-0.4, -0.2) is 30.6 Å². The fourth-order valence-electron chi connectivity index (χ4n) is 2.80. The van der Waals surface area contributed by atoms with Gasteiger partial charge in [0.15, 0.2) is 0 Å². The molecule has 0 bridgehead atoms. The predicted molar refractivity (Wildman–Crippen MR) is 67.0 cm³/mol. The monoisotopic (exact) mass is 212 g/mol. The van der Waals surface area contributed by atoms with Crippen molar-refractivity contribution in [2.45, 2.75) is 58.4 Å². The van der Waals surface area contributed by atoms with E-state index in [1.165, 1.54) is 51.6 Å². The topological polar surface area (TPSA) is 29.3 Å². The molecule has 1 heterocycles. The average molecular weight is 212 g/mol. The fourth-order valence-corrected chi connectivity index (χ4v) is 2.80. The SMILES string of the molecule is CCCC1CCN(C(CN)CCC)CC1. The summed E-state index contributed by atoms with van der Waals surface area (Å²) in [6.07, 6.45) is 8.10. The van der Waals surface area contributed by atoms with Crippen LogP contribution in [0.5, 0.6) is 0 Å². The van der Waals surface area contributed by atoms with Crippen LogP contribution < -0.4 is 5.73 Å². The minimum atomic E-state index is 0.651. The van der Waals surface area contributed by atoms with E-state index in [4.69, 9.17) is 5.73 Å². The van der Waals surface area contributed by atoms with Crippen molar-refractivity contribution >= 4 is 0 Å². The van der Waals surface area contributed by atoms with Gasteiger partial charge in [0, 0.05) is 12.6 Å². The molecule has 0 saturated carbocycles. The van der Waals surface area contributed by atoms with Crippen LogP contribution >= 0.6 is 0 Å².